The van der Waals surface area contributed by atoms with Crippen molar-refractivity contribution in [3.63, 3.8) is 0 Å². The Morgan fingerprint density at radius 3 is 2.96 bits per heavy atom. The maximum Gasteiger partial charge on any atom is 0.249 e. The number of thiophene rings is 1. The van der Waals surface area contributed by atoms with Crippen LogP contribution in [0.25, 0.3) is 6.08 Å². The van der Waals surface area contributed by atoms with Gasteiger partial charge in [-0.2, -0.15) is 5.26 Å². The van der Waals surface area contributed by atoms with Gasteiger partial charge in [0.25, 0.3) is 0 Å². The smallest absolute Gasteiger partial charge is 0.249 e. The van der Waals surface area contributed by atoms with Crippen LogP contribution in [0.1, 0.15) is 41.8 Å². The Hall–Kier alpha value is -2.78. The molecule has 2 aromatic rings. The minimum absolute atomic E-state index is 0.254. The third-order valence-corrected chi connectivity index (χ3v) is 5.94. The van der Waals surface area contributed by atoms with Crippen molar-refractivity contribution in [1.29, 1.82) is 5.26 Å². The molecule has 28 heavy (non-hydrogen) atoms. The maximum absolute atomic E-state index is 12.4. The average molecular weight is 397 g/mol. The van der Waals surface area contributed by atoms with Crippen LogP contribution in [0.3, 0.4) is 0 Å². The number of amides is 1. The second kappa shape index (κ2) is 8.94. The first-order chi connectivity index (χ1) is 13.5. The highest BCUT2D eigenvalue weighted by Crippen LogP contribution is 2.39. The fourth-order valence-corrected chi connectivity index (χ4v) is 4.71. The molecule has 1 aliphatic carbocycles. The van der Waals surface area contributed by atoms with Crippen LogP contribution in [0, 0.1) is 17.2 Å². The van der Waals surface area contributed by atoms with Crippen molar-refractivity contribution in [2.75, 3.05) is 19.0 Å². The molecule has 0 saturated carbocycles. The molecule has 5 nitrogen and oxygen atoms in total. The lowest BCUT2D eigenvalue weighted by Gasteiger charge is -2.17. The molecule has 0 bridgehead atoms. The Kier molecular flexibility index (Phi) is 6.37. The number of fused-ring (bicyclic) bond motifs is 1. The van der Waals surface area contributed by atoms with Gasteiger partial charge in [-0.15, -0.1) is 11.3 Å². The Balaban J connectivity index is 1.73. The quantitative estimate of drug-likeness (QED) is 0.712. The number of anilines is 1. The van der Waals surface area contributed by atoms with Crippen molar-refractivity contribution < 1.29 is 14.3 Å². The topological polar surface area (TPSA) is 71.3 Å². The summed E-state index contributed by atoms with van der Waals surface area (Å²) in [7, 11) is 1.58. The van der Waals surface area contributed by atoms with Crippen LogP contribution in [0.2, 0.25) is 0 Å². The molecule has 1 aromatic carbocycles. The van der Waals surface area contributed by atoms with Crippen molar-refractivity contribution in [2.45, 2.75) is 33.1 Å². The van der Waals surface area contributed by atoms with E-state index >= 15 is 0 Å². The van der Waals surface area contributed by atoms with Crippen molar-refractivity contribution in [3.05, 3.63) is 45.8 Å². The van der Waals surface area contributed by atoms with Crippen molar-refractivity contribution >= 4 is 28.3 Å². The number of hydrogen-bond acceptors (Lipinski definition) is 5. The number of nitrogens with one attached hydrogen (secondary N) is 1. The summed E-state index contributed by atoms with van der Waals surface area (Å²) in [6.07, 6.45) is 6.16. The van der Waals surface area contributed by atoms with Crippen LogP contribution in [-0.4, -0.2) is 19.6 Å². The molecule has 0 aliphatic heterocycles. The molecule has 1 aliphatic rings. The molecule has 1 amide bonds. The summed E-state index contributed by atoms with van der Waals surface area (Å²) in [5.74, 6) is 1.66. The molecular formula is C22H24N2O3S. The molecule has 0 spiro atoms. The van der Waals surface area contributed by atoms with E-state index in [0.717, 1.165) is 30.4 Å². The lowest BCUT2D eigenvalue weighted by molar-refractivity contribution is -0.111. The number of carbonyl (C=O) groups is 1. The highest BCUT2D eigenvalue weighted by atomic mass is 32.1. The number of hydrogen-bond donors (Lipinski definition) is 1. The number of benzene rings is 1. The number of nitrogens with zero attached hydrogens (tertiary/aromatic N) is 1. The van der Waals surface area contributed by atoms with Gasteiger partial charge in [-0.1, -0.05) is 13.0 Å². The first-order valence-corrected chi connectivity index (χ1v) is 10.2. The van der Waals surface area contributed by atoms with E-state index in [0.29, 0.717) is 34.6 Å². The molecule has 0 saturated heterocycles. The van der Waals surface area contributed by atoms with Gasteiger partial charge in [0.1, 0.15) is 11.1 Å². The molecule has 1 aromatic heterocycles. The van der Waals surface area contributed by atoms with Crippen LogP contribution in [0.4, 0.5) is 5.00 Å². The fraction of sp³-hybridized carbons (Fsp3) is 0.364. The maximum atomic E-state index is 12.4. The lowest BCUT2D eigenvalue weighted by atomic mass is 9.89. The molecule has 0 radical (unpaired) electrons. The first-order valence-electron chi connectivity index (χ1n) is 9.40. The summed E-state index contributed by atoms with van der Waals surface area (Å²) in [4.78, 5) is 13.6. The van der Waals surface area contributed by atoms with Crippen molar-refractivity contribution in [3.8, 4) is 17.6 Å². The second-order valence-corrected chi connectivity index (χ2v) is 7.94. The number of ether oxygens (including phenoxy) is 2. The summed E-state index contributed by atoms with van der Waals surface area (Å²) < 4.78 is 10.8. The summed E-state index contributed by atoms with van der Waals surface area (Å²) in [5.41, 5.74) is 2.56. The second-order valence-electron chi connectivity index (χ2n) is 6.83. The number of nitriles is 1. The molecule has 3 rings (SSSR count). The number of rotatable bonds is 6. The van der Waals surface area contributed by atoms with Gasteiger partial charge in [-0.3, -0.25) is 4.79 Å². The Bertz CT molecular complexity index is 940. The zero-order chi connectivity index (χ0) is 20.1. The van der Waals surface area contributed by atoms with Crippen LogP contribution >= 0.6 is 11.3 Å². The molecule has 146 valence electrons. The Labute approximate surface area is 169 Å². The van der Waals surface area contributed by atoms with Crippen molar-refractivity contribution in [2.24, 2.45) is 5.92 Å². The fourth-order valence-electron chi connectivity index (χ4n) is 3.35. The summed E-state index contributed by atoms with van der Waals surface area (Å²) >= 11 is 1.53. The summed E-state index contributed by atoms with van der Waals surface area (Å²) in [6, 6.07) is 7.78. The van der Waals surface area contributed by atoms with E-state index in [1.165, 1.54) is 22.3 Å². The third kappa shape index (κ3) is 4.37. The predicted molar refractivity (Wildman–Crippen MR) is 112 cm³/mol. The van der Waals surface area contributed by atoms with Gasteiger partial charge in [-0.05, 0) is 61.4 Å². The molecule has 1 atom stereocenters. The predicted octanol–water partition coefficient (Wildman–Crippen LogP) is 4.80. The zero-order valence-electron chi connectivity index (χ0n) is 16.4. The van der Waals surface area contributed by atoms with E-state index in [-0.39, 0.29) is 5.91 Å². The van der Waals surface area contributed by atoms with E-state index in [4.69, 9.17) is 9.47 Å². The first kappa shape index (κ1) is 20.0. The van der Waals surface area contributed by atoms with Crippen LogP contribution in [0.15, 0.2) is 24.3 Å². The van der Waals surface area contributed by atoms with Gasteiger partial charge >= 0.3 is 0 Å². The molecule has 1 heterocycles. The van der Waals surface area contributed by atoms with Gasteiger partial charge in [0.15, 0.2) is 11.5 Å². The third-order valence-electron chi connectivity index (χ3n) is 4.77. The van der Waals surface area contributed by atoms with Crippen molar-refractivity contribution in [1.82, 2.24) is 0 Å². The largest absolute Gasteiger partial charge is 0.493 e. The van der Waals surface area contributed by atoms with E-state index < -0.39 is 0 Å². The highest BCUT2D eigenvalue weighted by Gasteiger charge is 2.24. The minimum Gasteiger partial charge on any atom is -0.493 e. The van der Waals surface area contributed by atoms with Crippen LogP contribution in [-0.2, 0) is 17.6 Å². The van der Waals surface area contributed by atoms with E-state index in [1.54, 1.807) is 13.2 Å². The van der Waals surface area contributed by atoms with E-state index in [9.17, 15) is 10.1 Å². The van der Waals surface area contributed by atoms with Gasteiger partial charge in [-0.25, -0.2) is 0 Å². The van der Waals surface area contributed by atoms with Gasteiger partial charge in [0, 0.05) is 11.0 Å². The average Bonchev–Trinajstić information content (AvgIpc) is 3.03. The number of methoxy groups -OCH3 is 1. The van der Waals surface area contributed by atoms with E-state index in [1.807, 2.05) is 25.1 Å². The summed E-state index contributed by atoms with van der Waals surface area (Å²) in [6.45, 7) is 4.69. The SMILES string of the molecule is CCOc1ccc(C=CC(=O)Nc2sc3c(c2C#N)CCC(C)C3)cc1OC. The van der Waals surface area contributed by atoms with Gasteiger partial charge in [0.05, 0.1) is 19.3 Å². The molecule has 1 N–H and O–H groups in total. The van der Waals surface area contributed by atoms with Crippen LogP contribution < -0.4 is 14.8 Å². The molecule has 1 unspecified atom stereocenters. The summed E-state index contributed by atoms with van der Waals surface area (Å²) in [5, 5.41) is 13.1. The molecular weight excluding hydrogens is 372 g/mol. The van der Waals surface area contributed by atoms with Gasteiger partial charge < -0.3 is 14.8 Å². The Morgan fingerprint density at radius 2 is 2.25 bits per heavy atom. The molecule has 6 heteroatoms. The standard InChI is InChI=1S/C22H24N2O3S/c1-4-27-18-9-6-15(12-19(18)26-3)7-10-21(25)24-22-17(13-23)16-8-5-14(2)11-20(16)28-22/h6-7,9-10,12,14H,4-5,8,11H2,1-3H3,(H,24,25). The highest BCUT2D eigenvalue weighted by molar-refractivity contribution is 7.16. The molecule has 0 fully saturated rings. The zero-order valence-corrected chi connectivity index (χ0v) is 17.2. The normalized spacial score (nSPS) is 15.7. The van der Waals surface area contributed by atoms with E-state index in [2.05, 4.69) is 18.3 Å². The Morgan fingerprint density at radius 1 is 1.43 bits per heavy atom. The van der Waals surface area contributed by atoms with Crippen LogP contribution in [0.5, 0.6) is 11.5 Å². The number of carbonyl (C=O) groups excluding carboxylic acids is 1. The lowest BCUT2D eigenvalue weighted by Crippen LogP contribution is -2.10. The minimum atomic E-state index is -0.254. The monoisotopic (exact) mass is 396 g/mol. The van der Waals surface area contributed by atoms with Gasteiger partial charge in [0.2, 0.25) is 5.91 Å².